The Hall–Kier alpha value is -2.02. The van der Waals surface area contributed by atoms with Gasteiger partial charge in [-0.05, 0) is 29.1 Å². The number of nitrogens with one attached hydrogen (secondary N) is 1. The number of hydrogen-bond donors (Lipinski definition) is 2. The average Bonchev–Trinajstić information content (AvgIpc) is 3.14. The predicted molar refractivity (Wildman–Crippen MR) is 81.2 cm³/mol. The molecule has 1 aromatic carbocycles. The van der Waals surface area contributed by atoms with E-state index >= 15 is 0 Å². The summed E-state index contributed by atoms with van der Waals surface area (Å²) in [6, 6.07) is 9.28. The zero-order valence-electron chi connectivity index (χ0n) is 11.4. The summed E-state index contributed by atoms with van der Waals surface area (Å²) in [5, 5.41) is 20.2. The van der Waals surface area contributed by atoms with Crippen molar-refractivity contribution in [2.75, 3.05) is 13.7 Å². The number of benzene rings is 1. The molecule has 0 saturated carbocycles. The first kappa shape index (κ1) is 13.9. The molecular weight excluding hydrogens is 288 g/mol. The topological polar surface area (TPSA) is 75.2 Å². The molecule has 0 aliphatic heterocycles. The molecule has 0 bridgehead atoms. The van der Waals surface area contributed by atoms with Gasteiger partial charge in [-0.25, -0.2) is 0 Å². The molecule has 0 radical (unpaired) electrons. The van der Waals surface area contributed by atoms with E-state index in [1.54, 1.807) is 23.5 Å². The molecule has 3 rings (SSSR count). The SMILES string of the molecule is COCC(=O)C(O)c1ccc2[nH]nc(-c3cccs3)c2c1. The Labute approximate surface area is 125 Å². The highest BCUT2D eigenvalue weighted by Crippen LogP contribution is 2.31. The van der Waals surface area contributed by atoms with Gasteiger partial charge in [-0.2, -0.15) is 5.10 Å². The Balaban J connectivity index is 2.03. The lowest BCUT2D eigenvalue weighted by molar-refractivity contribution is -0.131. The fraction of sp³-hybridized carbons (Fsp3) is 0.200. The third-order valence-electron chi connectivity index (χ3n) is 3.25. The first-order valence-corrected chi connectivity index (χ1v) is 7.30. The number of carbonyl (C=O) groups is 1. The van der Waals surface area contributed by atoms with Gasteiger partial charge in [-0.1, -0.05) is 12.1 Å². The molecule has 1 atom stereocenters. The first-order chi connectivity index (χ1) is 10.2. The van der Waals surface area contributed by atoms with Gasteiger partial charge in [0.25, 0.3) is 0 Å². The van der Waals surface area contributed by atoms with E-state index in [-0.39, 0.29) is 12.4 Å². The number of H-pyrrole nitrogens is 1. The number of Topliss-reactive ketones (excluding diaryl/α,β-unsaturated/α-hetero) is 1. The van der Waals surface area contributed by atoms with E-state index in [0.717, 1.165) is 21.5 Å². The molecule has 6 heteroatoms. The largest absolute Gasteiger partial charge is 0.380 e. The summed E-state index contributed by atoms with van der Waals surface area (Å²) in [6.45, 7) is -0.109. The Bertz CT molecular complexity index is 764. The maximum atomic E-state index is 11.7. The maximum absolute atomic E-state index is 11.7. The number of nitrogens with zero attached hydrogens (tertiary/aromatic N) is 1. The number of aliphatic hydroxyl groups is 1. The number of methoxy groups -OCH3 is 1. The standard InChI is InChI=1S/C15H14N2O3S/c1-20-8-12(18)15(19)9-4-5-11-10(7-9)14(17-16-11)13-3-2-6-21-13/h2-7,15,19H,8H2,1H3,(H,16,17). The van der Waals surface area contributed by atoms with Gasteiger partial charge in [0.15, 0.2) is 5.78 Å². The van der Waals surface area contributed by atoms with Crippen molar-refractivity contribution in [3.05, 3.63) is 41.3 Å². The second-order valence-corrected chi connectivity index (χ2v) is 5.60. The lowest BCUT2D eigenvalue weighted by Gasteiger charge is -2.09. The van der Waals surface area contributed by atoms with Gasteiger partial charge in [-0.3, -0.25) is 9.89 Å². The number of carbonyl (C=O) groups excluding carboxylic acids is 1. The number of aliphatic hydroxyl groups excluding tert-OH is 1. The number of thiophene rings is 1. The van der Waals surface area contributed by atoms with Gasteiger partial charge in [0.05, 0.1) is 10.4 Å². The zero-order valence-corrected chi connectivity index (χ0v) is 12.2. The minimum Gasteiger partial charge on any atom is -0.380 e. The fourth-order valence-corrected chi connectivity index (χ4v) is 2.94. The lowest BCUT2D eigenvalue weighted by Crippen LogP contribution is -2.16. The summed E-state index contributed by atoms with van der Waals surface area (Å²) in [5.74, 6) is -0.363. The highest BCUT2D eigenvalue weighted by atomic mass is 32.1. The molecule has 5 nitrogen and oxygen atoms in total. The van der Waals surface area contributed by atoms with Crippen LogP contribution < -0.4 is 0 Å². The molecule has 0 saturated heterocycles. The van der Waals surface area contributed by atoms with E-state index in [4.69, 9.17) is 4.74 Å². The van der Waals surface area contributed by atoms with Crippen LogP contribution >= 0.6 is 11.3 Å². The predicted octanol–water partition coefficient (Wildman–Crippen LogP) is 2.54. The number of rotatable bonds is 5. The third-order valence-corrected chi connectivity index (χ3v) is 4.13. The molecule has 0 aliphatic rings. The molecule has 0 fully saturated rings. The third kappa shape index (κ3) is 2.61. The van der Waals surface area contributed by atoms with Crippen LogP contribution in [0.4, 0.5) is 0 Å². The van der Waals surface area contributed by atoms with Crippen molar-refractivity contribution in [3.8, 4) is 10.6 Å². The highest BCUT2D eigenvalue weighted by Gasteiger charge is 2.19. The molecule has 0 aliphatic carbocycles. The molecule has 3 aromatic rings. The van der Waals surface area contributed by atoms with Gasteiger partial charge in [-0.15, -0.1) is 11.3 Å². The molecule has 2 aromatic heterocycles. The van der Waals surface area contributed by atoms with Crippen molar-refractivity contribution in [2.45, 2.75) is 6.10 Å². The smallest absolute Gasteiger partial charge is 0.191 e. The van der Waals surface area contributed by atoms with Gasteiger partial charge >= 0.3 is 0 Å². The van der Waals surface area contributed by atoms with Crippen LogP contribution in [-0.2, 0) is 9.53 Å². The molecule has 0 amide bonds. The Morgan fingerprint density at radius 2 is 2.33 bits per heavy atom. The molecule has 2 N–H and O–H groups in total. The summed E-state index contributed by atoms with van der Waals surface area (Å²) < 4.78 is 4.77. The Morgan fingerprint density at radius 3 is 3.05 bits per heavy atom. The Morgan fingerprint density at radius 1 is 1.48 bits per heavy atom. The second kappa shape index (κ2) is 5.77. The zero-order chi connectivity index (χ0) is 14.8. The summed E-state index contributed by atoms with van der Waals surface area (Å²) in [6.07, 6.45) is -1.18. The van der Waals surface area contributed by atoms with Crippen molar-refractivity contribution in [2.24, 2.45) is 0 Å². The van der Waals surface area contributed by atoms with Crippen molar-refractivity contribution >= 4 is 28.0 Å². The van der Waals surface area contributed by atoms with Crippen molar-refractivity contribution in [1.29, 1.82) is 0 Å². The second-order valence-electron chi connectivity index (χ2n) is 4.66. The van der Waals surface area contributed by atoms with Gasteiger partial charge in [0.2, 0.25) is 0 Å². The van der Waals surface area contributed by atoms with Gasteiger partial charge in [0, 0.05) is 12.5 Å². The van der Waals surface area contributed by atoms with E-state index in [0.29, 0.717) is 5.56 Å². The van der Waals surface area contributed by atoms with Crippen LogP contribution in [0.5, 0.6) is 0 Å². The number of ketones is 1. The van der Waals surface area contributed by atoms with E-state index in [1.165, 1.54) is 7.11 Å². The number of ether oxygens (including phenoxy) is 1. The van der Waals surface area contributed by atoms with Crippen LogP contribution in [0.3, 0.4) is 0 Å². The van der Waals surface area contributed by atoms with E-state index in [9.17, 15) is 9.90 Å². The summed E-state index contributed by atoms with van der Waals surface area (Å²) in [7, 11) is 1.43. The molecule has 0 spiro atoms. The van der Waals surface area contributed by atoms with Crippen LogP contribution in [0.25, 0.3) is 21.5 Å². The quantitative estimate of drug-likeness (QED) is 0.759. The number of aromatic nitrogens is 2. The molecule has 2 heterocycles. The lowest BCUT2D eigenvalue weighted by atomic mass is 10.0. The highest BCUT2D eigenvalue weighted by molar-refractivity contribution is 7.13. The molecule has 21 heavy (non-hydrogen) atoms. The van der Waals surface area contributed by atoms with E-state index in [1.807, 2.05) is 23.6 Å². The molecule has 1 unspecified atom stereocenters. The van der Waals surface area contributed by atoms with E-state index < -0.39 is 6.10 Å². The number of fused-ring (bicyclic) bond motifs is 1. The maximum Gasteiger partial charge on any atom is 0.191 e. The van der Waals surface area contributed by atoms with E-state index in [2.05, 4.69) is 10.2 Å². The van der Waals surface area contributed by atoms with Gasteiger partial charge in [0.1, 0.15) is 18.4 Å². The minimum absolute atomic E-state index is 0.109. The van der Waals surface area contributed by atoms with Crippen molar-refractivity contribution in [1.82, 2.24) is 10.2 Å². The van der Waals surface area contributed by atoms with Crippen LogP contribution in [0.1, 0.15) is 11.7 Å². The van der Waals surface area contributed by atoms with Crippen LogP contribution in [0, 0.1) is 0 Å². The Kier molecular flexibility index (Phi) is 3.83. The average molecular weight is 302 g/mol. The molecular formula is C15H14N2O3S. The van der Waals surface area contributed by atoms with Crippen molar-refractivity contribution < 1.29 is 14.6 Å². The van der Waals surface area contributed by atoms with Gasteiger partial charge < -0.3 is 9.84 Å². The summed E-state index contributed by atoms with van der Waals surface area (Å²) in [5.41, 5.74) is 2.24. The summed E-state index contributed by atoms with van der Waals surface area (Å²) >= 11 is 1.59. The van der Waals surface area contributed by atoms with Crippen molar-refractivity contribution in [3.63, 3.8) is 0 Å². The first-order valence-electron chi connectivity index (χ1n) is 6.42. The molecule has 108 valence electrons. The normalized spacial score (nSPS) is 12.7. The number of hydrogen-bond acceptors (Lipinski definition) is 5. The minimum atomic E-state index is -1.18. The van der Waals surface area contributed by atoms with Crippen LogP contribution in [0.15, 0.2) is 35.7 Å². The number of aromatic amines is 1. The fourth-order valence-electron chi connectivity index (χ4n) is 2.21. The van der Waals surface area contributed by atoms with Crippen LogP contribution in [-0.4, -0.2) is 34.8 Å². The summed E-state index contributed by atoms with van der Waals surface area (Å²) in [4.78, 5) is 12.8. The monoisotopic (exact) mass is 302 g/mol. The van der Waals surface area contributed by atoms with Crippen LogP contribution in [0.2, 0.25) is 0 Å².